The number of hydrogen-bond acceptors (Lipinski definition) is 2. The predicted molar refractivity (Wildman–Crippen MR) is 93.9 cm³/mol. The minimum absolute atomic E-state index is 0.0422. The molecule has 1 N–H and O–H groups in total. The van der Waals surface area contributed by atoms with E-state index in [2.05, 4.69) is 11.9 Å². The first kappa shape index (κ1) is 17.3. The number of anilines is 1. The average molecular weight is 341 g/mol. The minimum atomic E-state index is 0.0422. The van der Waals surface area contributed by atoms with E-state index in [9.17, 15) is 4.79 Å². The van der Waals surface area contributed by atoms with E-state index in [-0.39, 0.29) is 23.4 Å². The van der Waals surface area contributed by atoms with Crippen molar-refractivity contribution < 1.29 is 4.79 Å². The van der Waals surface area contributed by atoms with Gasteiger partial charge in [-0.1, -0.05) is 24.3 Å². The molecular weight excluding hydrogens is 319 g/mol. The molecule has 1 aliphatic carbocycles. The van der Waals surface area contributed by atoms with Crippen LogP contribution in [0.25, 0.3) is 0 Å². The van der Waals surface area contributed by atoms with Gasteiger partial charge in [-0.15, -0.1) is 29.8 Å². The smallest absolute Gasteiger partial charge is 0.228 e. The third-order valence-corrected chi connectivity index (χ3v) is 4.48. The molecular formula is C17H22Cl2N2O. The van der Waals surface area contributed by atoms with E-state index in [1.807, 2.05) is 41.3 Å². The fourth-order valence-electron chi connectivity index (χ4n) is 3.00. The van der Waals surface area contributed by atoms with Gasteiger partial charge in [0.15, 0.2) is 0 Å². The monoisotopic (exact) mass is 340 g/mol. The highest BCUT2D eigenvalue weighted by atomic mass is 35.5. The van der Waals surface area contributed by atoms with Crippen molar-refractivity contribution in [1.29, 1.82) is 0 Å². The summed E-state index contributed by atoms with van der Waals surface area (Å²) in [7, 11) is 0. The molecule has 1 aromatic rings. The maximum absolute atomic E-state index is 12.6. The van der Waals surface area contributed by atoms with Gasteiger partial charge in [-0.2, -0.15) is 0 Å². The standard InChI is InChI=1S/C17H22Cl2N2O/c1-2-10-20-15-11-13(19)12-16(15)21(17(22)8-9-18)14-6-4-3-5-7-14/h2-7,13,15-16,20H,1,8-12H2. The summed E-state index contributed by atoms with van der Waals surface area (Å²) in [6.45, 7) is 4.45. The summed E-state index contributed by atoms with van der Waals surface area (Å²) in [6.07, 6.45) is 3.77. The molecule has 22 heavy (non-hydrogen) atoms. The molecule has 0 bridgehead atoms. The minimum Gasteiger partial charge on any atom is -0.308 e. The maximum Gasteiger partial charge on any atom is 0.228 e. The molecule has 3 nitrogen and oxygen atoms in total. The van der Waals surface area contributed by atoms with Crippen LogP contribution < -0.4 is 10.2 Å². The van der Waals surface area contributed by atoms with E-state index in [0.29, 0.717) is 18.8 Å². The lowest BCUT2D eigenvalue weighted by molar-refractivity contribution is -0.118. The zero-order valence-electron chi connectivity index (χ0n) is 12.6. The van der Waals surface area contributed by atoms with Crippen LogP contribution in [0.15, 0.2) is 43.0 Å². The largest absolute Gasteiger partial charge is 0.308 e. The van der Waals surface area contributed by atoms with Crippen LogP contribution in [0.5, 0.6) is 0 Å². The number of carbonyl (C=O) groups excluding carboxylic acids is 1. The first-order valence-electron chi connectivity index (χ1n) is 7.58. The summed E-state index contributed by atoms with van der Waals surface area (Å²) in [5.41, 5.74) is 0.902. The molecule has 0 aliphatic heterocycles. The molecule has 120 valence electrons. The van der Waals surface area contributed by atoms with Gasteiger partial charge in [-0.3, -0.25) is 4.79 Å². The molecule has 0 aromatic heterocycles. The van der Waals surface area contributed by atoms with Crippen molar-refractivity contribution in [1.82, 2.24) is 5.32 Å². The van der Waals surface area contributed by atoms with Crippen molar-refractivity contribution in [3.8, 4) is 0 Å². The Morgan fingerprint density at radius 2 is 2.09 bits per heavy atom. The van der Waals surface area contributed by atoms with Crippen molar-refractivity contribution in [2.75, 3.05) is 17.3 Å². The number of carbonyl (C=O) groups is 1. The van der Waals surface area contributed by atoms with E-state index < -0.39 is 0 Å². The molecule has 3 atom stereocenters. The SMILES string of the molecule is C=CCNC1CC(Cl)CC1N(C(=O)CCCl)c1ccccc1. The molecule has 5 heteroatoms. The summed E-state index contributed by atoms with van der Waals surface area (Å²) in [5.74, 6) is 0.367. The second kappa shape index (κ2) is 8.56. The first-order valence-corrected chi connectivity index (χ1v) is 8.56. The van der Waals surface area contributed by atoms with Gasteiger partial charge in [0.1, 0.15) is 0 Å². The Hall–Kier alpha value is -1.03. The molecule has 0 saturated heterocycles. The Balaban J connectivity index is 2.26. The molecule has 1 aliphatic rings. The lowest BCUT2D eigenvalue weighted by atomic mass is 10.1. The van der Waals surface area contributed by atoms with E-state index in [0.717, 1.165) is 18.5 Å². The summed E-state index contributed by atoms with van der Waals surface area (Å²) in [5, 5.41) is 3.50. The molecule has 1 fully saturated rings. The number of halogens is 2. The van der Waals surface area contributed by atoms with Crippen LogP contribution in [0, 0.1) is 0 Å². The number of nitrogens with one attached hydrogen (secondary N) is 1. The zero-order chi connectivity index (χ0) is 15.9. The number of rotatable bonds is 7. The summed E-state index contributed by atoms with van der Waals surface area (Å²) in [6, 6.07) is 9.95. The van der Waals surface area contributed by atoms with Crippen molar-refractivity contribution in [3.63, 3.8) is 0 Å². The number of para-hydroxylation sites is 1. The molecule has 1 saturated carbocycles. The van der Waals surface area contributed by atoms with Crippen LogP contribution >= 0.6 is 23.2 Å². The molecule has 2 rings (SSSR count). The van der Waals surface area contributed by atoms with Gasteiger partial charge in [0.05, 0.1) is 6.04 Å². The summed E-state index contributed by atoms with van der Waals surface area (Å²) < 4.78 is 0. The average Bonchev–Trinajstić information content (AvgIpc) is 2.87. The van der Waals surface area contributed by atoms with Crippen LogP contribution in [-0.4, -0.2) is 35.8 Å². The van der Waals surface area contributed by atoms with Gasteiger partial charge >= 0.3 is 0 Å². The Labute approximate surface area is 142 Å². The van der Waals surface area contributed by atoms with Crippen molar-refractivity contribution in [3.05, 3.63) is 43.0 Å². The van der Waals surface area contributed by atoms with Crippen molar-refractivity contribution in [2.24, 2.45) is 0 Å². The van der Waals surface area contributed by atoms with Crippen LogP contribution in [0.1, 0.15) is 19.3 Å². The lowest BCUT2D eigenvalue weighted by Crippen LogP contribution is -2.50. The number of alkyl halides is 2. The summed E-state index contributed by atoms with van der Waals surface area (Å²) >= 11 is 12.1. The summed E-state index contributed by atoms with van der Waals surface area (Å²) in [4.78, 5) is 14.5. The number of amides is 1. The second-order valence-electron chi connectivity index (χ2n) is 5.48. The van der Waals surface area contributed by atoms with Gasteiger partial charge < -0.3 is 10.2 Å². The van der Waals surface area contributed by atoms with E-state index in [1.165, 1.54) is 0 Å². The highest BCUT2D eigenvalue weighted by Crippen LogP contribution is 2.32. The van der Waals surface area contributed by atoms with Crippen LogP contribution in [-0.2, 0) is 4.79 Å². The zero-order valence-corrected chi connectivity index (χ0v) is 14.1. The van der Waals surface area contributed by atoms with Gasteiger partial charge in [0, 0.05) is 36.0 Å². The van der Waals surface area contributed by atoms with E-state index in [1.54, 1.807) is 0 Å². The highest BCUT2D eigenvalue weighted by Gasteiger charge is 2.39. The highest BCUT2D eigenvalue weighted by molar-refractivity contribution is 6.21. The number of hydrogen-bond donors (Lipinski definition) is 1. The van der Waals surface area contributed by atoms with Gasteiger partial charge in [0.2, 0.25) is 5.91 Å². The molecule has 1 amide bonds. The molecule has 1 aromatic carbocycles. The quantitative estimate of drug-likeness (QED) is 0.608. The Morgan fingerprint density at radius 3 is 2.73 bits per heavy atom. The van der Waals surface area contributed by atoms with E-state index in [4.69, 9.17) is 23.2 Å². The second-order valence-corrected chi connectivity index (χ2v) is 6.47. The van der Waals surface area contributed by atoms with Crippen molar-refractivity contribution in [2.45, 2.75) is 36.7 Å². The molecule has 0 radical (unpaired) electrons. The number of nitrogens with zero attached hydrogens (tertiary/aromatic N) is 1. The van der Waals surface area contributed by atoms with Gasteiger partial charge in [-0.25, -0.2) is 0 Å². The van der Waals surface area contributed by atoms with Crippen molar-refractivity contribution >= 4 is 34.8 Å². The Bertz CT molecular complexity index is 495. The molecule has 0 heterocycles. The predicted octanol–water partition coefficient (Wildman–Crippen LogP) is 3.56. The fraction of sp³-hybridized carbons (Fsp3) is 0.471. The van der Waals surface area contributed by atoms with Gasteiger partial charge in [0.25, 0.3) is 0 Å². The Morgan fingerprint density at radius 1 is 1.36 bits per heavy atom. The van der Waals surface area contributed by atoms with Crippen LogP contribution in [0.4, 0.5) is 5.69 Å². The molecule has 0 spiro atoms. The number of benzene rings is 1. The lowest BCUT2D eigenvalue weighted by Gasteiger charge is -2.33. The van der Waals surface area contributed by atoms with E-state index >= 15 is 0 Å². The Kier molecular flexibility index (Phi) is 6.74. The van der Waals surface area contributed by atoms with Crippen LogP contribution in [0.2, 0.25) is 0 Å². The van der Waals surface area contributed by atoms with Gasteiger partial charge in [-0.05, 0) is 25.0 Å². The molecule has 3 unspecified atom stereocenters. The fourth-order valence-corrected chi connectivity index (χ4v) is 3.54. The first-order chi connectivity index (χ1) is 10.7. The van der Waals surface area contributed by atoms with Crippen LogP contribution in [0.3, 0.4) is 0 Å². The topological polar surface area (TPSA) is 32.3 Å². The third-order valence-electron chi connectivity index (χ3n) is 3.94. The maximum atomic E-state index is 12.6. The third kappa shape index (κ3) is 4.25. The normalized spacial score (nSPS) is 24.2.